The first-order valence-corrected chi connectivity index (χ1v) is 8.13. The van der Waals surface area contributed by atoms with Crippen LogP contribution in [0.3, 0.4) is 0 Å². The van der Waals surface area contributed by atoms with Gasteiger partial charge in [0.2, 0.25) is 5.88 Å². The molecule has 2 aromatic rings. The summed E-state index contributed by atoms with van der Waals surface area (Å²) in [6, 6.07) is 8.29. The molecule has 2 rings (SSSR count). The molecule has 1 aromatic heterocycles. The number of nitrogen functional groups attached to an aromatic ring is 1. The second kappa shape index (κ2) is 8.32. The van der Waals surface area contributed by atoms with Crippen LogP contribution in [0.1, 0.15) is 46.9 Å². The quantitative estimate of drug-likeness (QED) is 0.745. The molecule has 25 heavy (non-hydrogen) atoms. The van der Waals surface area contributed by atoms with Gasteiger partial charge < -0.3 is 20.3 Å². The SMILES string of the molecule is Cc1noc(N)c1C(=O)OCC(=O)NCCc1ccc(C(C)C)cc1. The maximum absolute atomic E-state index is 11.9. The summed E-state index contributed by atoms with van der Waals surface area (Å²) in [6.07, 6.45) is 0.704. The van der Waals surface area contributed by atoms with Crippen molar-refractivity contribution in [1.82, 2.24) is 10.5 Å². The van der Waals surface area contributed by atoms with E-state index in [4.69, 9.17) is 10.5 Å². The van der Waals surface area contributed by atoms with Gasteiger partial charge in [0.1, 0.15) is 5.56 Å². The number of ether oxygens (including phenoxy) is 1. The van der Waals surface area contributed by atoms with E-state index >= 15 is 0 Å². The Morgan fingerprint density at radius 3 is 2.52 bits per heavy atom. The molecule has 134 valence electrons. The molecule has 0 aliphatic carbocycles. The lowest BCUT2D eigenvalue weighted by Crippen LogP contribution is -2.30. The summed E-state index contributed by atoms with van der Waals surface area (Å²) < 4.78 is 9.61. The number of nitrogens with zero attached hydrogens (tertiary/aromatic N) is 1. The van der Waals surface area contributed by atoms with Crippen LogP contribution in [-0.2, 0) is 16.0 Å². The molecular formula is C18H23N3O4. The van der Waals surface area contributed by atoms with Crippen molar-refractivity contribution in [2.45, 2.75) is 33.1 Å². The van der Waals surface area contributed by atoms with Crippen molar-refractivity contribution >= 4 is 17.8 Å². The third kappa shape index (κ3) is 5.07. The average Bonchev–Trinajstić information content (AvgIpc) is 2.92. The number of hydrogen-bond acceptors (Lipinski definition) is 6. The van der Waals surface area contributed by atoms with E-state index in [0.717, 1.165) is 5.56 Å². The van der Waals surface area contributed by atoms with Crippen LogP contribution in [0.2, 0.25) is 0 Å². The number of esters is 1. The molecule has 0 aliphatic rings. The highest BCUT2D eigenvalue weighted by atomic mass is 16.5. The summed E-state index contributed by atoms with van der Waals surface area (Å²) in [6.45, 7) is 5.94. The van der Waals surface area contributed by atoms with Crippen molar-refractivity contribution in [3.05, 3.63) is 46.6 Å². The van der Waals surface area contributed by atoms with Gasteiger partial charge in [-0.15, -0.1) is 0 Å². The Bertz CT molecular complexity index is 716. The van der Waals surface area contributed by atoms with Gasteiger partial charge in [-0.3, -0.25) is 4.79 Å². The van der Waals surface area contributed by atoms with Crippen molar-refractivity contribution in [3.63, 3.8) is 0 Å². The maximum atomic E-state index is 11.9. The van der Waals surface area contributed by atoms with Gasteiger partial charge in [-0.1, -0.05) is 43.3 Å². The van der Waals surface area contributed by atoms with Crippen molar-refractivity contribution in [3.8, 4) is 0 Å². The molecule has 0 atom stereocenters. The first kappa shape index (κ1) is 18.5. The van der Waals surface area contributed by atoms with E-state index in [1.165, 1.54) is 5.56 Å². The van der Waals surface area contributed by atoms with Crippen LogP contribution >= 0.6 is 0 Å². The predicted octanol–water partition coefficient (Wildman–Crippen LogP) is 2.20. The Labute approximate surface area is 146 Å². The minimum Gasteiger partial charge on any atom is -0.452 e. The maximum Gasteiger partial charge on any atom is 0.346 e. The highest BCUT2D eigenvalue weighted by molar-refractivity contribution is 5.96. The highest BCUT2D eigenvalue weighted by Gasteiger charge is 2.20. The lowest BCUT2D eigenvalue weighted by molar-refractivity contribution is -0.124. The number of aryl methyl sites for hydroxylation is 1. The molecule has 1 aromatic carbocycles. The smallest absolute Gasteiger partial charge is 0.346 e. The van der Waals surface area contributed by atoms with Gasteiger partial charge in [-0.25, -0.2) is 4.79 Å². The summed E-state index contributed by atoms with van der Waals surface area (Å²) in [4.78, 5) is 23.6. The van der Waals surface area contributed by atoms with Gasteiger partial charge in [0.05, 0.1) is 5.69 Å². The van der Waals surface area contributed by atoms with Gasteiger partial charge in [-0.05, 0) is 30.4 Å². The lowest BCUT2D eigenvalue weighted by Gasteiger charge is -2.08. The fourth-order valence-corrected chi connectivity index (χ4v) is 2.31. The number of aromatic nitrogens is 1. The van der Waals surface area contributed by atoms with E-state index in [9.17, 15) is 9.59 Å². The summed E-state index contributed by atoms with van der Waals surface area (Å²) in [5.41, 5.74) is 8.29. The van der Waals surface area contributed by atoms with Crippen LogP contribution in [0.15, 0.2) is 28.8 Å². The first-order chi connectivity index (χ1) is 11.9. The number of nitrogens with one attached hydrogen (secondary N) is 1. The number of amides is 1. The second-order valence-electron chi connectivity index (χ2n) is 6.08. The van der Waals surface area contributed by atoms with E-state index in [2.05, 4.69) is 53.1 Å². The van der Waals surface area contributed by atoms with Crippen LogP contribution in [0.4, 0.5) is 5.88 Å². The molecule has 0 saturated carbocycles. The minimum atomic E-state index is -0.726. The second-order valence-corrected chi connectivity index (χ2v) is 6.08. The standard InChI is InChI=1S/C18H23N3O4/c1-11(2)14-6-4-13(5-7-14)8-9-20-15(22)10-24-18(23)16-12(3)21-25-17(16)19/h4-7,11H,8-10,19H2,1-3H3,(H,20,22). The van der Waals surface area contributed by atoms with Crippen LogP contribution < -0.4 is 11.1 Å². The van der Waals surface area contributed by atoms with E-state index in [0.29, 0.717) is 24.6 Å². The predicted molar refractivity (Wildman–Crippen MR) is 93.2 cm³/mol. The third-order valence-corrected chi connectivity index (χ3v) is 3.81. The zero-order valence-corrected chi connectivity index (χ0v) is 14.7. The molecule has 0 fully saturated rings. The van der Waals surface area contributed by atoms with Crippen LogP contribution in [0.25, 0.3) is 0 Å². The van der Waals surface area contributed by atoms with Crippen LogP contribution in [0.5, 0.6) is 0 Å². The van der Waals surface area contributed by atoms with Crippen LogP contribution in [0, 0.1) is 6.92 Å². The number of nitrogens with two attached hydrogens (primary N) is 1. The van der Waals surface area contributed by atoms with Gasteiger partial charge in [0, 0.05) is 6.54 Å². The molecule has 1 heterocycles. The minimum absolute atomic E-state index is 0.0537. The number of benzene rings is 1. The summed E-state index contributed by atoms with van der Waals surface area (Å²) in [5, 5.41) is 6.27. The number of hydrogen-bond donors (Lipinski definition) is 2. The number of carbonyl (C=O) groups excluding carboxylic acids is 2. The molecule has 0 aliphatic heterocycles. The average molecular weight is 345 g/mol. The molecule has 0 spiro atoms. The molecule has 1 amide bonds. The number of rotatable bonds is 7. The zero-order chi connectivity index (χ0) is 18.4. The third-order valence-electron chi connectivity index (χ3n) is 3.81. The Morgan fingerprint density at radius 1 is 1.28 bits per heavy atom. The molecule has 7 nitrogen and oxygen atoms in total. The Kier molecular flexibility index (Phi) is 6.16. The molecular weight excluding hydrogens is 322 g/mol. The molecule has 3 N–H and O–H groups in total. The molecule has 7 heteroatoms. The van der Waals surface area contributed by atoms with E-state index < -0.39 is 5.97 Å². The fraction of sp³-hybridized carbons (Fsp3) is 0.389. The van der Waals surface area contributed by atoms with E-state index in [1.54, 1.807) is 6.92 Å². The number of anilines is 1. The number of carbonyl (C=O) groups is 2. The monoisotopic (exact) mass is 345 g/mol. The Hall–Kier alpha value is -2.83. The molecule has 0 saturated heterocycles. The first-order valence-electron chi connectivity index (χ1n) is 8.13. The lowest BCUT2D eigenvalue weighted by atomic mass is 10.0. The zero-order valence-electron chi connectivity index (χ0n) is 14.7. The molecule has 0 radical (unpaired) electrons. The summed E-state index contributed by atoms with van der Waals surface area (Å²) in [7, 11) is 0. The summed E-state index contributed by atoms with van der Waals surface area (Å²) >= 11 is 0. The largest absolute Gasteiger partial charge is 0.452 e. The van der Waals surface area contributed by atoms with Crippen molar-refractivity contribution < 1.29 is 18.8 Å². The van der Waals surface area contributed by atoms with Gasteiger partial charge in [0.15, 0.2) is 6.61 Å². The Morgan fingerprint density at radius 2 is 1.96 bits per heavy atom. The van der Waals surface area contributed by atoms with Crippen molar-refractivity contribution in [2.24, 2.45) is 0 Å². The van der Waals surface area contributed by atoms with Gasteiger partial charge in [0.25, 0.3) is 5.91 Å². The topological polar surface area (TPSA) is 107 Å². The fourth-order valence-electron chi connectivity index (χ4n) is 2.31. The Balaban J connectivity index is 1.73. The van der Waals surface area contributed by atoms with E-state index in [1.807, 2.05) is 0 Å². The normalized spacial score (nSPS) is 10.7. The van der Waals surface area contributed by atoms with Gasteiger partial charge >= 0.3 is 5.97 Å². The van der Waals surface area contributed by atoms with Crippen LogP contribution in [-0.4, -0.2) is 30.2 Å². The molecule has 0 bridgehead atoms. The van der Waals surface area contributed by atoms with Crippen molar-refractivity contribution in [2.75, 3.05) is 18.9 Å². The van der Waals surface area contributed by atoms with Crippen molar-refractivity contribution in [1.29, 1.82) is 0 Å². The van der Waals surface area contributed by atoms with E-state index in [-0.39, 0.29) is 24.0 Å². The molecule has 0 unspecified atom stereocenters. The summed E-state index contributed by atoms with van der Waals surface area (Å²) in [5.74, 6) is -0.727. The van der Waals surface area contributed by atoms with Gasteiger partial charge in [-0.2, -0.15) is 0 Å². The highest BCUT2D eigenvalue weighted by Crippen LogP contribution is 2.16.